The monoisotopic (exact) mass is 347 g/mol. The number of rotatable bonds is 6. The van der Waals surface area contributed by atoms with E-state index in [4.69, 9.17) is 11.6 Å². The molecule has 0 bridgehead atoms. The van der Waals surface area contributed by atoms with Gasteiger partial charge in [0.15, 0.2) is 0 Å². The smallest absolute Gasteiger partial charge is 0.315 e. The molecule has 0 atom stereocenters. The number of halogens is 1. The quantitative estimate of drug-likeness (QED) is 0.788. The van der Waals surface area contributed by atoms with Crippen molar-refractivity contribution >= 4 is 17.6 Å². The zero-order valence-electron chi connectivity index (χ0n) is 14.8. The van der Waals surface area contributed by atoms with Crippen molar-refractivity contribution in [2.75, 3.05) is 6.54 Å². The van der Waals surface area contributed by atoms with E-state index in [-0.39, 0.29) is 6.03 Å². The molecule has 2 amide bonds. The van der Waals surface area contributed by atoms with Gasteiger partial charge in [-0.25, -0.2) is 4.79 Å². The second-order valence-electron chi connectivity index (χ2n) is 6.50. The van der Waals surface area contributed by atoms with Gasteiger partial charge in [0.2, 0.25) is 0 Å². The molecule has 0 radical (unpaired) electrons. The lowest BCUT2D eigenvalue weighted by atomic mass is 10.1. The maximum absolute atomic E-state index is 11.9. The van der Waals surface area contributed by atoms with Gasteiger partial charge >= 0.3 is 6.03 Å². The van der Waals surface area contributed by atoms with Crippen LogP contribution in [0.5, 0.6) is 0 Å². The fourth-order valence-electron chi connectivity index (χ4n) is 2.73. The van der Waals surface area contributed by atoms with E-state index in [9.17, 15) is 4.79 Å². The molecule has 0 saturated carbocycles. The normalized spacial score (nSPS) is 10.9. The Morgan fingerprint density at radius 2 is 1.96 bits per heavy atom. The highest BCUT2D eigenvalue weighted by molar-refractivity contribution is 6.30. The summed E-state index contributed by atoms with van der Waals surface area (Å²) in [6.07, 6.45) is 0.983. The molecule has 1 heterocycles. The summed E-state index contributed by atoms with van der Waals surface area (Å²) in [6, 6.07) is 9.76. The zero-order chi connectivity index (χ0) is 17.7. The first-order chi connectivity index (χ1) is 11.4. The summed E-state index contributed by atoms with van der Waals surface area (Å²) in [4.78, 5) is 11.9. The van der Waals surface area contributed by atoms with Crippen LogP contribution in [0.2, 0.25) is 5.02 Å². The Hall–Kier alpha value is -1.94. The highest BCUT2D eigenvalue weighted by Gasteiger charge is 2.11. The highest BCUT2D eigenvalue weighted by atomic mass is 35.5. The Bertz CT molecular complexity index is 707. The summed E-state index contributed by atoms with van der Waals surface area (Å²) in [5, 5.41) is 6.53. The molecule has 5 heteroatoms. The number of nitrogens with zero attached hydrogens (tertiary/aromatic N) is 1. The van der Waals surface area contributed by atoms with Crippen molar-refractivity contribution in [1.82, 2.24) is 15.2 Å². The molecule has 0 unspecified atom stereocenters. The maximum Gasteiger partial charge on any atom is 0.315 e. The molecule has 0 aliphatic rings. The minimum atomic E-state index is -0.122. The van der Waals surface area contributed by atoms with Gasteiger partial charge in [-0.15, -0.1) is 0 Å². The first-order valence-corrected chi connectivity index (χ1v) is 8.71. The molecule has 24 heavy (non-hydrogen) atoms. The summed E-state index contributed by atoms with van der Waals surface area (Å²) in [7, 11) is 0. The number of aryl methyl sites for hydroxylation is 1. The minimum absolute atomic E-state index is 0.122. The van der Waals surface area contributed by atoms with Gasteiger partial charge in [-0.2, -0.15) is 0 Å². The molecular weight excluding hydrogens is 322 g/mol. The van der Waals surface area contributed by atoms with E-state index in [1.54, 1.807) is 0 Å². The Kier molecular flexibility index (Phi) is 6.32. The van der Waals surface area contributed by atoms with Crippen LogP contribution in [0.15, 0.2) is 30.3 Å². The number of hydrogen-bond donors (Lipinski definition) is 2. The Labute approximate surface area is 149 Å². The number of urea groups is 1. The van der Waals surface area contributed by atoms with E-state index in [0.717, 1.165) is 29.1 Å². The fraction of sp³-hybridized carbons (Fsp3) is 0.421. The van der Waals surface area contributed by atoms with Gasteiger partial charge in [-0.3, -0.25) is 0 Å². The molecular formula is C19H26ClN3O. The summed E-state index contributed by atoms with van der Waals surface area (Å²) < 4.78 is 2.15. The van der Waals surface area contributed by atoms with Crippen LogP contribution < -0.4 is 10.6 Å². The molecule has 0 aliphatic carbocycles. The predicted molar refractivity (Wildman–Crippen MR) is 99.9 cm³/mol. The first kappa shape index (κ1) is 18.4. The Morgan fingerprint density at radius 1 is 1.21 bits per heavy atom. The third kappa shape index (κ3) is 4.78. The average molecular weight is 348 g/mol. The van der Waals surface area contributed by atoms with E-state index in [0.29, 0.717) is 24.0 Å². The van der Waals surface area contributed by atoms with Gasteiger partial charge in [0.1, 0.15) is 0 Å². The standard InChI is InChI=1S/C19H26ClN3O/c1-13(2)8-9-21-19(24)22-12-16-10-14(3)23(15(16)4)18-7-5-6-17(20)11-18/h5-7,10-11,13H,8-9,12H2,1-4H3,(H2,21,22,24). The van der Waals surface area contributed by atoms with Crippen LogP contribution in [0.4, 0.5) is 4.79 Å². The van der Waals surface area contributed by atoms with E-state index in [1.165, 1.54) is 0 Å². The molecule has 0 fully saturated rings. The molecule has 0 aliphatic heterocycles. The molecule has 2 aromatic rings. The van der Waals surface area contributed by atoms with Crippen molar-refractivity contribution in [1.29, 1.82) is 0 Å². The first-order valence-electron chi connectivity index (χ1n) is 8.34. The molecule has 1 aromatic carbocycles. The van der Waals surface area contributed by atoms with Crippen LogP contribution in [-0.4, -0.2) is 17.1 Å². The van der Waals surface area contributed by atoms with E-state index >= 15 is 0 Å². The number of aromatic nitrogens is 1. The van der Waals surface area contributed by atoms with Crippen LogP contribution in [0.3, 0.4) is 0 Å². The minimum Gasteiger partial charge on any atom is -0.338 e. The van der Waals surface area contributed by atoms with Crippen LogP contribution in [0.25, 0.3) is 5.69 Å². The summed E-state index contributed by atoms with van der Waals surface area (Å²) >= 11 is 6.10. The van der Waals surface area contributed by atoms with Gasteiger partial charge in [0, 0.05) is 35.2 Å². The summed E-state index contributed by atoms with van der Waals surface area (Å²) in [5.74, 6) is 0.585. The molecule has 4 nitrogen and oxygen atoms in total. The molecule has 0 spiro atoms. The number of carbonyl (C=O) groups is 1. The van der Waals surface area contributed by atoms with Gasteiger partial charge in [-0.1, -0.05) is 31.5 Å². The lowest BCUT2D eigenvalue weighted by molar-refractivity contribution is 0.240. The van der Waals surface area contributed by atoms with Gasteiger partial charge in [0.05, 0.1) is 0 Å². The summed E-state index contributed by atoms with van der Waals surface area (Å²) in [5.41, 5.74) is 4.36. The van der Waals surface area contributed by atoms with Crippen molar-refractivity contribution in [3.05, 3.63) is 52.3 Å². The van der Waals surface area contributed by atoms with Crippen LogP contribution in [0, 0.1) is 19.8 Å². The SMILES string of the molecule is Cc1cc(CNC(=O)NCCC(C)C)c(C)n1-c1cccc(Cl)c1. The molecule has 130 valence electrons. The third-order valence-corrected chi connectivity index (χ3v) is 4.28. The number of carbonyl (C=O) groups excluding carboxylic acids is 1. The van der Waals surface area contributed by atoms with Gasteiger partial charge in [-0.05, 0) is 56.0 Å². The lowest BCUT2D eigenvalue weighted by Crippen LogP contribution is -2.36. The number of benzene rings is 1. The summed E-state index contributed by atoms with van der Waals surface area (Å²) in [6.45, 7) is 9.61. The number of hydrogen-bond acceptors (Lipinski definition) is 1. The van der Waals surface area contributed by atoms with E-state index in [1.807, 2.05) is 24.3 Å². The van der Waals surface area contributed by atoms with Crippen LogP contribution in [0.1, 0.15) is 37.2 Å². The van der Waals surface area contributed by atoms with Crippen molar-refractivity contribution < 1.29 is 4.79 Å². The lowest BCUT2D eigenvalue weighted by Gasteiger charge is -2.11. The van der Waals surface area contributed by atoms with Crippen molar-refractivity contribution in [3.63, 3.8) is 0 Å². The van der Waals surface area contributed by atoms with E-state index < -0.39 is 0 Å². The van der Waals surface area contributed by atoms with Crippen LogP contribution in [-0.2, 0) is 6.54 Å². The molecule has 0 saturated heterocycles. The van der Waals surface area contributed by atoms with Gasteiger partial charge in [0.25, 0.3) is 0 Å². The predicted octanol–water partition coefficient (Wildman–Crippen LogP) is 4.59. The largest absolute Gasteiger partial charge is 0.338 e. The zero-order valence-corrected chi connectivity index (χ0v) is 15.6. The second kappa shape index (κ2) is 8.25. The van der Waals surface area contributed by atoms with Crippen molar-refractivity contribution in [3.8, 4) is 5.69 Å². The Morgan fingerprint density at radius 3 is 2.62 bits per heavy atom. The third-order valence-electron chi connectivity index (χ3n) is 4.05. The van der Waals surface area contributed by atoms with Crippen molar-refractivity contribution in [2.45, 2.75) is 40.7 Å². The van der Waals surface area contributed by atoms with Crippen molar-refractivity contribution in [2.24, 2.45) is 5.92 Å². The molecule has 2 N–H and O–H groups in total. The van der Waals surface area contributed by atoms with E-state index in [2.05, 4.69) is 49.0 Å². The highest BCUT2D eigenvalue weighted by Crippen LogP contribution is 2.22. The number of amides is 2. The fourth-order valence-corrected chi connectivity index (χ4v) is 2.92. The average Bonchev–Trinajstić information content (AvgIpc) is 2.79. The maximum atomic E-state index is 11.9. The van der Waals surface area contributed by atoms with Crippen LogP contribution >= 0.6 is 11.6 Å². The van der Waals surface area contributed by atoms with Gasteiger partial charge < -0.3 is 15.2 Å². The topological polar surface area (TPSA) is 46.1 Å². The molecule has 1 aromatic heterocycles. The number of nitrogens with one attached hydrogen (secondary N) is 2. The molecule has 2 rings (SSSR count). The Balaban J connectivity index is 2.03. The second-order valence-corrected chi connectivity index (χ2v) is 6.94.